The van der Waals surface area contributed by atoms with E-state index in [4.69, 9.17) is 16.0 Å². The van der Waals surface area contributed by atoms with Crippen LogP contribution in [0, 0.1) is 5.82 Å². The standard InChI is InChI=1S/C17H13ClFNO2/c1-20(10-11-4-2-3-5-14(11)19)17(21)16-9-12-8-13(18)6-7-15(12)22-16/h2-9H,10H2,1H3. The Kier molecular flexibility index (Phi) is 3.86. The Morgan fingerprint density at radius 3 is 2.77 bits per heavy atom. The molecule has 0 spiro atoms. The zero-order chi connectivity index (χ0) is 15.7. The lowest BCUT2D eigenvalue weighted by molar-refractivity contribution is 0.0754. The first kappa shape index (κ1) is 14.6. The van der Waals surface area contributed by atoms with Gasteiger partial charge in [-0.3, -0.25) is 4.79 Å². The molecule has 0 aliphatic heterocycles. The number of amides is 1. The lowest BCUT2D eigenvalue weighted by Gasteiger charge is -2.16. The van der Waals surface area contributed by atoms with E-state index < -0.39 is 0 Å². The molecule has 0 bridgehead atoms. The van der Waals surface area contributed by atoms with Gasteiger partial charge in [0.15, 0.2) is 5.76 Å². The van der Waals surface area contributed by atoms with Gasteiger partial charge in [0.1, 0.15) is 11.4 Å². The predicted molar refractivity (Wildman–Crippen MR) is 83.4 cm³/mol. The fraction of sp³-hybridized carbons (Fsp3) is 0.118. The summed E-state index contributed by atoms with van der Waals surface area (Å²) in [6.07, 6.45) is 0. The number of halogens is 2. The van der Waals surface area contributed by atoms with Crippen LogP contribution >= 0.6 is 11.6 Å². The number of benzene rings is 2. The van der Waals surface area contributed by atoms with E-state index in [1.165, 1.54) is 11.0 Å². The second-order valence-corrected chi connectivity index (χ2v) is 5.48. The molecule has 0 aliphatic carbocycles. The summed E-state index contributed by atoms with van der Waals surface area (Å²) < 4.78 is 19.2. The van der Waals surface area contributed by atoms with E-state index >= 15 is 0 Å². The summed E-state index contributed by atoms with van der Waals surface area (Å²) in [7, 11) is 1.61. The summed E-state index contributed by atoms with van der Waals surface area (Å²) in [6.45, 7) is 0.170. The normalized spacial score (nSPS) is 10.9. The van der Waals surface area contributed by atoms with E-state index in [0.717, 1.165) is 5.39 Å². The highest BCUT2D eigenvalue weighted by atomic mass is 35.5. The van der Waals surface area contributed by atoms with Crippen molar-refractivity contribution in [3.63, 3.8) is 0 Å². The molecule has 0 saturated heterocycles. The number of hydrogen-bond acceptors (Lipinski definition) is 2. The van der Waals surface area contributed by atoms with Crippen molar-refractivity contribution in [3.8, 4) is 0 Å². The molecule has 0 aliphatic rings. The Bertz CT molecular complexity index is 844. The van der Waals surface area contributed by atoms with Crippen LogP contribution in [-0.2, 0) is 6.54 Å². The average Bonchev–Trinajstić information content (AvgIpc) is 2.91. The van der Waals surface area contributed by atoms with Gasteiger partial charge in [0.25, 0.3) is 5.91 Å². The van der Waals surface area contributed by atoms with Gasteiger partial charge in [-0.05, 0) is 30.3 Å². The van der Waals surface area contributed by atoms with E-state index in [1.807, 2.05) is 0 Å². The molecule has 3 nitrogen and oxygen atoms in total. The third-order valence-corrected chi connectivity index (χ3v) is 3.64. The Balaban J connectivity index is 1.84. The molecule has 112 valence electrons. The third-order valence-electron chi connectivity index (χ3n) is 3.40. The Morgan fingerprint density at radius 1 is 1.23 bits per heavy atom. The fourth-order valence-electron chi connectivity index (χ4n) is 2.26. The minimum Gasteiger partial charge on any atom is -0.451 e. The lowest BCUT2D eigenvalue weighted by Crippen LogP contribution is -2.26. The Labute approximate surface area is 131 Å². The highest BCUT2D eigenvalue weighted by Gasteiger charge is 2.18. The van der Waals surface area contributed by atoms with Crippen molar-refractivity contribution < 1.29 is 13.6 Å². The molecule has 0 radical (unpaired) electrons. The number of nitrogens with zero attached hydrogens (tertiary/aromatic N) is 1. The molecule has 0 atom stereocenters. The van der Waals surface area contributed by atoms with E-state index in [1.54, 1.807) is 49.5 Å². The van der Waals surface area contributed by atoms with Gasteiger partial charge >= 0.3 is 0 Å². The first-order chi connectivity index (χ1) is 10.5. The molecule has 0 N–H and O–H groups in total. The van der Waals surface area contributed by atoms with Crippen LogP contribution in [0.15, 0.2) is 52.9 Å². The van der Waals surface area contributed by atoms with Gasteiger partial charge in [-0.2, -0.15) is 0 Å². The molecule has 3 aromatic rings. The summed E-state index contributed by atoms with van der Waals surface area (Å²) in [5.41, 5.74) is 1.05. The van der Waals surface area contributed by atoms with Gasteiger partial charge in [-0.15, -0.1) is 0 Å². The van der Waals surface area contributed by atoms with Crippen molar-refractivity contribution >= 4 is 28.5 Å². The van der Waals surface area contributed by atoms with E-state index in [-0.39, 0.29) is 24.0 Å². The van der Waals surface area contributed by atoms with Crippen LogP contribution in [0.4, 0.5) is 4.39 Å². The maximum Gasteiger partial charge on any atom is 0.289 e. The predicted octanol–water partition coefficient (Wildman–Crippen LogP) is 4.50. The average molecular weight is 318 g/mol. The molecular formula is C17H13ClFNO2. The number of fused-ring (bicyclic) bond motifs is 1. The molecule has 1 aromatic heterocycles. The minimum absolute atomic E-state index is 0.170. The first-order valence-corrected chi connectivity index (χ1v) is 7.10. The molecule has 22 heavy (non-hydrogen) atoms. The van der Waals surface area contributed by atoms with Crippen LogP contribution in [0.2, 0.25) is 5.02 Å². The highest BCUT2D eigenvalue weighted by molar-refractivity contribution is 6.31. The number of hydrogen-bond donors (Lipinski definition) is 0. The lowest BCUT2D eigenvalue weighted by atomic mass is 10.2. The summed E-state index contributed by atoms with van der Waals surface area (Å²) in [5.74, 6) is -0.440. The van der Waals surface area contributed by atoms with Crippen molar-refractivity contribution in [2.75, 3.05) is 7.05 Å². The van der Waals surface area contributed by atoms with Gasteiger partial charge in [0.05, 0.1) is 0 Å². The monoisotopic (exact) mass is 317 g/mol. The van der Waals surface area contributed by atoms with Crippen molar-refractivity contribution in [3.05, 3.63) is 70.7 Å². The van der Waals surface area contributed by atoms with E-state index in [0.29, 0.717) is 16.2 Å². The third kappa shape index (κ3) is 2.83. The fourth-order valence-corrected chi connectivity index (χ4v) is 2.44. The zero-order valence-electron chi connectivity index (χ0n) is 11.8. The second-order valence-electron chi connectivity index (χ2n) is 5.05. The summed E-state index contributed by atoms with van der Waals surface area (Å²) in [4.78, 5) is 13.8. The zero-order valence-corrected chi connectivity index (χ0v) is 12.6. The molecule has 0 fully saturated rings. The molecule has 2 aromatic carbocycles. The number of furan rings is 1. The van der Waals surface area contributed by atoms with E-state index in [9.17, 15) is 9.18 Å². The molecule has 0 saturated carbocycles. The minimum atomic E-state index is -0.335. The van der Waals surface area contributed by atoms with Crippen molar-refractivity contribution in [1.82, 2.24) is 4.90 Å². The molecule has 0 unspecified atom stereocenters. The van der Waals surface area contributed by atoms with Crippen LogP contribution in [-0.4, -0.2) is 17.9 Å². The maximum atomic E-state index is 13.7. The van der Waals surface area contributed by atoms with Crippen molar-refractivity contribution in [2.24, 2.45) is 0 Å². The molecule has 1 amide bonds. The number of carbonyl (C=O) groups excluding carboxylic acids is 1. The van der Waals surface area contributed by atoms with Crippen LogP contribution in [0.1, 0.15) is 16.1 Å². The number of rotatable bonds is 3. The smallest absolute Gasteiger partial charge is 0.289 e. The van der Waals surface area contributed by atoms with Crippen LogP contribution in [0.5, 0.6) is 0 Å². The SMILES string of the molecule is CN(Cc1ccccc1F)C(=O)c1cc2cc(Cl)ccc2o1. The topological polar surface area (TPSA) is 33.5 Å². The van der Waals surface area contributed by atoms with Crippen LogP contribution in [0.25, 0.3) is 11.0 Å². The van der Waals surface area contributed by atoms with Gasteiger partial charge in [-0.1, -0.05) is 29.8 Å². The van der Waals surface area contributed by atoms with Gasteiger partial charge in [0, 0.05) is 29.6 Å². The maximum absolute atomic E-state index is 13.7. The quantitative estimate of drug-likeness (QED) is 0.712. The van der Waals surface area contributed by atoms with E-state index in [2.05, 4.69) is 0 Å². The van der Waals surface area contributed by atoms with Crippen LogP contribution in [0.3, 0.4) is 0 Å². The first-order valence-electron chi connectivity index (χ1n) is 6.72. The Hall–Kier alpha value is -2.33. The number of carbonyl (C=O) groups is 1. The van der Waals surface area contributed by atoms with Crippen molar-refractivity contribution in [1.29, 1.82) is 0 Å². The van der Waals surface area contributed by atoms with Gasteiger partial charge in [-0.25, -0.2) is 4.39 Å². The Morgan fingerprint density at radius 2 is 2.00 bits per heavy atom. The summed E-state index contributed by atoms with van der Waals surface area (Å²) >= 11 is 5.92. The molecular weight excluding hydrogens is 305 g/mol. The molecule has 5 heteroatoms. The molecule has 1 heterocycles. The second kappa shape index (κ2) is 5.81. The van der Waals surface area contributed by atoms with Crippen LogP contribution < -0.4 is 0 Å². The summed E-state index contributed by atoms with van der Waals surface area (Å²) in [5, 5.41) is 1.34. The summed E-state index contributed by atoms with van der Waals surface area (Å²) in [6, 6.07) is 13.2. The van der Waals surface area contributed by atoms with Gasteiger partial charge in [0.2, 0.25) is 0 Å². The van der Waals surface area contributed by atoms with Crippen molar-refractivity contribution in [2.45, 2.75) is 6.54 Å². The molecule has 3 rings (SSSR count). The largest absolute Gasteiger partial charge is 0.451 e. The van der Waals surface area contributed by atoms with Gasteiger partial charge < -0.3 is 9.32 Å². The highest BCUT2D eigenvalue weighted by Crippen LogP contribution is 2.24.